The standard InChI is InChI=1S/C26H27N5O2/c1-18(20-7-3-2-4-8-20)6-5-15-27-26(33)31-24-14-13-22-25(30-24)29-23(16-28-22)21-11-9-19(17-32)10-12-21/h2-4,7-14,16,18,32H,5-6,15,17H2,1H3,(H2,27,29,30,31,33)/t18-/m1/s1. The van der Waals surface area contributed by atoms with E-state index >= 15 is 0 Å². The zero-order valence-corrected chi connectivity index (χ0v) is 18.5. The van der Waals surface area contributed by atoms with Gasteiger partial charge in [0.2, 0.25) is 0 Å². The van der Waals surface area contributed by atoms with Crippen molar-refractivity contribution in [2.45, 2.75) is 32.3 Å². The van der Waals surface area contributed by atoms with Crippen LogP contribution >= 0.6 is 0 Å². The minimum absolute atomic E-state index is 0.00558. The summed E-state index contributed by atoms with van der Waals surface area (Å²) in [5, 5.41) is 14.9. The van der Waals surface area contributed by atoms with E-state index in [1.165, 1.54) is 5.56 Å². The summed E-state index contributed by atoms with van der Waals surface area (Å²) < 4.78 is 0. The molecule has 2 aromatic carbocycles. The summed E-state index contributed by atoms with van der Waals surface area (Å²) in [5.74, 6) is 0.866. The largest absolute Gasteiger partial charge is 0.392 e. The van der Waals surface area contributed by atoms with Gasteiger partial charge in [-0.15, -0.1) is 0 Å². The van der Waals surface area contributed by atoms with Crippen LogP contribution in [0, 0.1) is 0 Å². The zero-order valence-electron chi connectivity index (χ0n) is 18.5. The van der Waals surface area contributed by atoms with Crippen LogP contribution in [0.3, 0.4) is 0 Å². The Balaban J connectivity index is 1.33. The van der Waals surface area contributed by atoms with Crippen molar-refractivity contribution in [1.82, 2.24) is 20.3 Å². The number of benzene rings is 2. The first-order valence-electron chi connectivity index (χ1n) is 11.1. The highest BCUT2D eigenvalue weighted by atomic mass is 16.3. The number of nitrogens with one attached hydrogen (secondary N) is 2. The molecule has 0 aliphatic rings. The molecule has 0 unspecified atom stereocenters. The molecule has 0 fully saturated rings. The first-order valence-corrected chi connectivity index (χ1v) is 11.1. The quantitative estimate of drug-likeness (QED) is 0.338. The smallest absolute Gasteiger partial charge is 0.320 e. The second-order valence-electron chi connectivity index (χ2n) is 7.98. The van der Waals surface area contributed by atoms with Crippen molar-refractivity contribution in [3.63, 3.8) is 0 Å². The molecule has 7 nitrogen and oxygen atoms in total. The van der Waals surface area contributed by atoms with Crippen LogP contribution in [0.25, 0.3) is 22.4 Å². The first kappa shape index (κ1) is 22.4. The highest BCUT2D eigenvalue weighted by molar-refractivity contribution is 5.89. The van der Waals surface area contributed by atoms with Gasteiger partial charge in [0.15, 0.2) is 5.65 Å². The molecule has 0 radical (unpaired) electrons. The van der Waals surface area contributed by atoms with Crippen LogP contribution in [-0.2, 0) is 6.61 Å². The Hall–Kier alpha value is -3.84. The fourth-order valence-corrected chi connectivity index (χ4v) is 3.61. The number of pyridine rings is 1. The molecule has 4 aromatic rings. The van der Waals surface area contributed by atoms with E-state index < -0.39 is 0 Å². The predicted molar refractivity (Wildman–Crippen MR) is 130 cm³/mol. The van der Waals surface area contributed by atoms with Crippen LogP contribution in [0.1, 0.15) is 36.8 Å². The number of aromatic nitrogens is 3. The maximum Gasteiger partial charge on any atom is 0.320 e. The number of hydrogen-bond acceptors (Lipinski definition) is 5. The van der Waals surface area contributed by atoms with Crippen molar-refractivity contribution < 1.29 is 9.90 Å². The topological polar surface area (TPSA) is 100 Å². The number of amides is 2. The molecule has 1 atom stereocenters. The van der Waals surface area contributed by atoms with Crippen molar-refractivity contribution in [3.8, 4) is 11.3 Å². The van der Waals surface area contributed by atoms with Crippen LogP contribution < -0.4 is 10.6 Å². The Kier molecular flexibility index (Phi) is 7.22. The van der Waals surface area contributed by atoms with E-state index in [2.05, 4.69) is 44.6 Å². The molecule has 0 aliphatic carbocycles. The maximum atomic E-state index is 12.3. The number of carbonyl (C=O) groups is 1. The third-order valence-electron chi connectivity index (χ3n) is 5.55. The molecule has 33 heavy (non-hydrogen) atoms. The Bertz CT molecular complexity index is 1210. The van der Waals surface area contributed by atoms with Crippen LogP contribution in [0.4, 0.5) is 10.6 Å². The molecule has 0 aliphatic heterocycles. The molecule has 0 saturated carbocycles. The van der Waals surface area contributed by atoms with Crippen molar-refractivity contribution >= 4 is 23.0 Å². The van der Waals surface area contributed by atoms with Crippen molar-refractivity contribution in [1.29, 1.82) is 0 Å². The van der Waals surface area contributed by atoms with Gasteiger partial charge in [-0.3, -0.25) is 10.3 Å². The van der Waals surface area contributed by atoms with Gasteiger partial charge in [-0.25, -0.2) is 14.8 Å². The van der Waals surface area contributed by atoms with Crippen LogP contribution in [0.5, 0.6) is 0 Å². The Morgan fingerprint density at radius 2 is 1.79 bits per heavy atom. The monoisotopic (exact) mass is 441 g/mol. The lowest BCUT2D eigenvalue weighted by Crippen LogP contribution is -2.30. The number of aliphatic hydroxyl groups is 1. The van der Waals surface area contributed by atoms with Gasteiger partial charge in [-0.05, 0) is 42.0 Å². The number of fused-ring (bicyclic) bond motifs is 1. The minimum Gasteiger partial charge on any atom is -0.392 e. The predicted octanol–water partition coefficient (Wildman–Crippen LogP) is 4.89. The molecule has 0 saturated heterocycles. The highest BCUT2D eigenvalue weighted by Gasteiger charge is 2.09. The lowest BCUT2D eigenvalue weighted by atomic mass is 9.96. The van der Waals surface area contributed by atoms with Crippen LogP contribution in [0.2, 0.25) is 0 Å². The number of aliphatic hydroxyl groups excluding tert-OH is 1. The van der Waals surface area contributed by atoms with E-state index in [9.17, 15) is 9.90 Å². The third kappa shape index (κ3) is 5.90. The molecule has 7 heteroatoms. The molecule has 0 spiro atoms. The SMILES string of the molecule is C[C@H](CCCNC(=O)Nc1ccc2ncc(-c3ccc(CO)cc3)nc2n1)c1ccccc1. The number of anilines is 1. The number of nitrogens with zero attached hydrogens (tertiary/aromatic N) is 3. The third-order valence-corrected chi connectivity index (χ3v) is 5.55. The van der Waals surface area contributed by atoms with Gasteiger partial charge >= 0.3 is 6.03 Å². The van der Waals surface area contributed by atoms with E-state index in [-0.39, 0.29) is 12.6 Å². The number of rotatable bonds is 8. The van der Waals surface area contributed by atoms with Gasteiger partial charge in [0.25, 0.3) is 0 Å². The van der Waals surface area contributed by atoms with Gasteiger partial charge < -0.3 is 10.4 Å². The molecule has 2 amide bonds. The summed E-state index contributed by atoms with van der Waals surface area (Å²) in [7, 11) is 0. The Morgan fingerprint density at radius 1 is 1.00 bits per heavy atom. The number of urea groups is 1. The van der Waals surface area contributed by atoms with E-state index in [0.29, 0.717) is 35.1 Å². The van der Waals surface area contributed by atoms with E-state index in [1.54, 1.807) is 18.3 Å². The summed E-state index contributed by atoms with van der Waals surface area (Å²) in [6.07, 6.45) is 3.57. The molecule has 2 heterocycles. The van der Waals surface area contributed by atoms with Crippen molar-refractivity contribution in [2.75, 3.05) is 11.9 Å². The fraction of sp³-hybridized carbons (Fsp3) is 0.231. The summed E-state index contributed by atoms with van der Waals surface area (Å²) in [5.41, 5.74) is 4.79. The fourth-order valence-electron chi connectivity index (χ4n) is 3.61. The minimum atomic E-state index is -0.294. The summed E-state index contributed by atoms with van der Waals surface area (Å²) >= 11 is 0. The molecule has 3 N–H and O–H groups in total. The number of hydrogen-bond donors (Lipinski definition) is 3. The maximum absolute atomic E-state index is 12.3. The molecule has 2 aromatic heterocycles. The van der Waals surface area contributed by atoms with E-state index in [1.807, 2.05) is 42.5 Å². The first-order chi connectivity index (χ1) is 16.1. The second kappa shape index (κ2) is 10.7. The van der Waals surface area contributed by atoms with E-state index in [4.69, 9.17) is 0 Å². The molecule has 168 valence electrons. The molecular formula is C26H27N5O2. The van der Waals surface area contributed by atoms with E-state index in [0.717, 1.165) is 24.0 Å². The van der Waals surface area contributed by atoms with Gasteiger partial charge in [-0.1, -0.05) is 61.5 Å². The van der Waals surface area contributed by atoms with Crippen molar-refractivity contribution in [2.24, 2.45) is 0 Å². The lowest BCUT2D eigenvalue weighted by Gasteiger charge is -2.12. The Morgan fingerprint density at radius 3 is 2.55 bits per heavy atom. The lowest BCUT2D eigenvalue weighted by molar-refractivity contribution is 0.251. The number of carbonyl (C=O) groups excluding carboxylic acids is 1. The van der Waals surface area contributed by atoms with Gasteiger partial charge in [0.1, 0.15) is 11.3 Å². The normalized spacial score (nSPS) is 11.8. The second-order valence-corrected chi connectivity index (χ2v) is 7.98. The van der Waals surface area contributed by atoms with Crippen LogP contribution in [0.15, 0.2) is 72.9 Å². The Labute approximate surface area is 192 Å². The average Bonchev–Trinajstić information content (AvgIpc) is 2.86. The highest BCUT2D eigenvalue weighted by Crippen LogP contribution is 2.21. The van der Waals surface area contributed by atoms with Gasteiger partial charge in [0, 0.05) is 12.1 Å². The van der Waals surface area contributed by atoms with Crippen molar-refractivity contribution in [3.05, 3.63) is 84.1 Å². The molecule has 4 rings (SSSR count). The molecule has 0 bridgehead atoms. The summed E-state index contributed by atoms with van der Waals surface area (Å²) in [4.78, 5) is 25.7. The van der Waals surface area contributed by atoms with Gasteiger partial charge in [0.05, 0.1) is 18.5 Å². The summed E-state index contributed by atoms with van der Waals surface area (Å²) in [6, 6.07) is 21.0. The molecular weight excluding hydrogens is 414 g/mol. The zero-order chi connectivity index (χ0) is 23.0. The summed E-state index contributed by atoms with van der Waals surface area (Å²) in [6.45, 7) is 2.78. The van der Waals surface area contributed by atoms with Crippen LogP contribution in [-0.4, -0.2) is 32.6 Å². The van der Waals surface area contributed by atoms with Gasteiger partial charge in [-0.2, -0.15) is 0 Å². The average molecular weight is 442 g/mol.